The molecule has 0 atom stereocenters. The van der Waals surface area contributed by atoms with E-state index in [1.54, 1.807) is 6.20 Å². The zero-order chi connectivity index (χ0) is 5.98. The topological polar surface area (TPSA) is 28.7 Å². The van der Waals surface area contributed by atoms with Crippen LogP contribution in [-0.2, 0) is 0 Å². The quantitative estimate of drug-likeness (QED) is 0.546. The molecule has 8 heavy (non-hydrogen) atoms. The molecule has 0 unspecified atom stereocenters. The Morgan fingerprint density at radius 1 is 1.62 bits per heavy atom. The van der Waals surface area contributed by atoms with Crippen molar-refractivity contribution in [3.8, 4) is 0 Å². The van der Waals surface area contributed by atoms with Crippen molar-refractivity contribution >= 4 is 10.9 Å². The molecule has 1 heterocycles. The molecule has 0 aliphatic heterocycles. The van der Waals surface area contributed by atoms with Gasteiger partial charge in [-0.3, -0.25) is 0 Å². The van der Waals surface area contributed by atoms with Gasteiger partial charge >= 0.3 is 0 Å². The van der Waals surface area contributed by atoms with E-state index in [0.717, 1.165) is 5.16 Å². The number of aromatic nitrogens is 2. The molecule has 0 aliphatic rings. The number of nitrogens with zero attached hydrogens (tertiary/aromatic N) is 1. The van der Waals surface area contributed by atoms with Crippen molar-refractivity contribution in [1.82, 2.24) is 9.97 Å². The van der Waals surface area contributed by atoms with Crippen molar-refractivity contribution in [2.45, 2.75) is 5.16 Å². The first-order valence-corrected chi connectivity index (χ1v) is 4.71. The summed E-state index contributed by atoms with van der Waals surface area (Å²) in [5.41, 5.74) is 0. The molecule has 3 heteroatoms. The summed E-state index contributed by atoms with van der Waals surface area (Å²) < 4.78 is 0. The standard InChI is InChI=1S/C5H10N2S/c1-8(2)5-6-3-4-7-5/h3-4,8H,1-2H3,(H,6,7). The number of H-pyrrole nitrogens is 1. The molecule has 1 N–H and O–H groups in total. The molecule has 0 fully saturated rings. The average molecular weight is 130 g/mol. The van der Waals surface area contributed by atoms with Gasteiger partial charge in [0.25, 0.3) is 0 Å². The second-order valence-electron chi connectivity index (χ2n) is 1.81. The first-order valence-electron chi connectivity index (χ1n) is 2.47. The van der Waals surface area contributed by atoms with Gasteiger partial charge in [-0.25, -0.2) is 15.9 Å². The number of rotatable bonds is 1. The third kappa shape index (κ3) is 1.04. The van der Waals surface area contributed by atoms with E-state index in [1.807, 2.05) is 6.20 Å². The molecule has 2 nitrogen and oxygen atoms in total. The Bertz CT molecular complexity index is 145. The summed E-state index contributed by atoms with van der Waals surface area (Å²) in [5.74, 6) is 0. The molecular formula is C5H10N2S. The number of hydrogen-bond acceptors (Lipinski definition) is 1. The van der Waals surface area contributed by atoms with Gasteiger partial charge in [-0.2, -0.15) is 0 Å². The first-order chi connectivity index (χ1) is 3.80. The summed E-state index contributed by atoms with van der Waals surface area (Å²) in [7, 11) is -0.0252. The molecule has 1 aromatic heterocycles. The van der Waals surface area contributed by atoms with Gasteiger partial charge in [0.05, 0.1) is 0 Å². The van der Waals surface area contributed by atoms with Gasteiger partial charge in [0.1, 0.15) is 5.16 Å². The van der Waals surface area contributed by atoms with Gasteiger partial charge in [0.15, 0.2) is 0 Å². The van der Waals surface area contributed by atoms with E-state index in [9.17, 15) is 0 Å². The molecule has 0 aromatic carbocycles. The van der Waals surface area contributed by atoms with Crippen molar-refractivity contribution in [3.05, 3.63) is 12.4 Å². The van der Waals surface area contributed by atoms with E-state index < -0.39 is 0 Å². The van der Waals surface area contributed by atoms with E-state index in [-0.39, 0.29) is 10.9 Å². The lowest BCUT2D eigenvalue weighted by Crippen LogP contribution is -1.78. The Balaban J connectivity index is 2.77. The highest BCUT2D eigenvalue weighted by molar-refractivity contribution is 8.15. The van der Waals surface area contributed by atoms with Crippen LogP contribution >= 0.6 is 10.9 Å². The summed E-state index contributed by atoms with van der Waals surface area (Å²) >= 11 is 0. The number of aromatic amines is 1. The Morgan fingerprint density at radius 2 is 2.38 bits per heavy atom. The third-order valence-electron chi connectivity index (χ3n) is 0.907. The number of nitrogens with one attached hydrogen (secondary N) is 1. The summed E-state index contributed by atoms with van der Waals surface area (Å²) in [6, 6.07) is 0. The number of thiol groups is 1. The van der Waals surface area contributed by atoms with Gasteiger partial charge in [-0.05, 0) is 12.5 Å². The average Bonchev–Trinajstić information content (AvgIpc) is 2.12. The Kier molecular flexibility index (Phi) is 1.58. The van der Waals surface area contributed by atoms with Crippen LogP contribution in [-0.4, -0.2) is 22.5 Å². The fourth-order valence-corrected chi connectivity index (χ4v) is 1.13. The van der Waals surface area contributed by atoms with Crippen molar-refractivity contribution in [1.29, 1.82) is 0 Å². The van der Waals surface area contributed by atoms with Crippen LogP contribution < -0.4 is 0 Å². The number of imidazole rings is 1. The van der Waals surface area contributed by atoms with Crippen LogP contribution in [0.1, 0.15) is 0 Å². The molecule has 0 radical (unpaired) electrons. The van der Waals surface area contributed by atoms with E-state index >= 15 is 0 Å². The highest BCUT2D eigenvalue weighted by Crippen LogP contribution is 2.22. The van der Waals surface area contributed by atoms with Gasteiger partial charge in [-0.1, -0.05) is 0 Å². The first kappa shape index (κ1) is 5.69. The smallest absolute Gasteiger partial charge is 0.144 e. The van der Waals surface area contributed by atoms with Crippen LogP contribution in [0.4, 0.5) is 0 Å². The monoisotopic (exact) mass is 130 g/mol. The van der Waals surface area contributed by atoms with Crippen molar-refractivity contribution in [2.75, 3.05) is 12.5 Å². The molecule has 0 amide bonds. The molecule has 0 bridgehead atoms. The maximum atomic E-state index is 4.09. The predicted molar refractivity (Wildman–Crippen MR) is 37.7 cm³/mol. The van der Waals surface area contributed by atoms with Crippen LogP contribution in [0.5, 0.6) is 0 Å². The Hall–Kier alpha value is -0.440. The zero-order valence-corrected chi connectivity index (χ0v) is 5.94. The summed E-state index contributed by atoms with van der Waals surface area (Å²) in [5, 5.41) is 1.12. The lowest BCUT2D eigenvalue weighted by atomic mass is 11.0. The van der Waals surface area contributed by atoms with Gasteiger partial charge in [0.2, 0.25) is 0 Å². The molecule has 46 valence electrons. The molecular weight excluding hydrogens is 120 g/mol. The molecule has 1 aromatic rings. The SMILES string of the molecule is C[SH](C)c1ncc[nH]1. The third-order valence-corrected chi connectivity index (χ3v) is 2.00. The zero-order valence-electron chi connectivity index (χ0n) is 5.05. The number of hydrogen-bond donors (Lipinski definition) is 2. The van der Waals surface area contributed by atoms with Crippen LogP contribution in [0.15, 0.2) is 17.6 Å². The lowest BCUT2D eigenvalue weighted by molar-refractivity contribution is 1.06. The Labute approximate surface area is 51.7 Å². The minimum absolute atomic E-state index is 0.0252. The highest BCUT2D eigenvalue weighted by Gasteiger charge is 1.92. The van der Waals surface area contributed by atoms with Gasteiger partial charge in [-0.15, -0.1) is 0 Å². The molecule has 1 rings (SSSR count). The fourth-order valence-electron chi connectivity index (χ4n) is 0.502. The summed E-state index contributed by atoms with van der Waals surface area (Å²) in [6.07, 6.45) is 8.00. The largest absolute Gasteiger partial charge is 0.341 e. The minimum atomic E-state index is -0.0252. The van der Waals surface area contributed by atoms with Crippen molar-refractivity contribution < 1.29 is 0 Å². The van der Waals surface area contributed by atoms with Crippen molar-refractivity contribution in [3.63, 3.8) is 0 Å². The van der Waals surface area contributed by atoms with Crippen molar-refractivity contribution in [2.24, 2.45) is 0 Å². The predicted octanol–water partition coefficient (Wildman–Crippen LogP) is 1.03. The second-order valence-corrected chi connectivity index (χ2v) is 4.02. The van der Waals surface area contributed by atoms with Crippen LogP contribution in [0, 0.1) is 0 Å². The van der Waals surface area contributed by atoms with Gasteiger partial charge in [0, 0.05) is 12.4 Å². The van der Waals surface area contributed by atoms with E-state index in [1.165, 1.54) is 0 Å². The second kappa shape index (κ2) is 2.22. The van der Waals surface area contributed by atoms with Crippen LogP contribution in [0.2, 0.25) is 0 Å². The molecule has 0 saturated carbocycles. The van der Waals surface area contributed by atoms with E-state index in [4.69, 9.17) is 0 Å². The summed E-state index contributed by atoms with van der Waals surface area (Å²) in [6.45, 7) is 0. The normalized spacial score (nSPS) is 11.5. The van der Waals surface area contributed by atoms with Crippen LogP contribution in [0.25, 0.3) is 0 Å². The maximum Gasteiger partial charge on any atom is 0.144 e. The van der Waals surface area contributed by atoms with Gasteiger partial charge < -0.3 is 4.98 Å². The lowest BCUT2D eigenvalue weighted by Gasteiger charge is -2.01. The molecule has 0 aliphatic carbocycles. The maximum absolute atomic E-state index is 4.09. The summed E-state index contributed by atoms with van der Waals surface area (Å²) in [4.78, 5) is 7.14. The highest BCUT2D eigenvalue weighted by atomic mass is 32.2. The van der Waals surface area contributed by atoms with E-state index in [0.29, 0.717) is 0 Å². The Morgan fingerprint density at radius 3 is 2.62 bits per heavy atom. The van der Waals surface area contributed by atoms with Crippen LogP contribution in [0.3, 0.4) is 0 Å². The minimum Gasteiger partial charge on any atom is -0.341 e. The molecule has 0 spiro atoms. The fraction of sp³-hybridized carbons (Fsp3) is 0.400. The molecule has 0 saturated heterocycles. The van der Waals surface area contributed by atoms with E-state index in [2.05, 4.69) is 22.5 Å².